The molecule has 0 aromatic carbocycles. The summed E-state index contributed by atoms with van der Waals surface area (Å²) in [5, 5.41) is 7.69. The Morgan fingerprint density at radius 3 is 3.00 bits per heavy atom. The van der Waals surface area contributed by atoms with Crippen LogP contribution in [0.1, 0.15) is 19.0 Å². The van der Waals surface area contributed by atoms with Crippen LogP contribution < -0.4 is 0 Å². The van der Waals surface area contributed by atoms with Gasteiger partial charge in [0.15, 0.2) is 0 Å². The van der Waals surface area contributed by atoms with E-state index < -0.39 is 0 Å². The lowest BCUT2D eigenvalue weighted by Gasteiger charge is -1.91. The van der Waals surface area contributed by atoms with Crippen LogP contribution in [0, 0.1) is 0 Å². The molecule has 56 valence electrons. The second-order valence-corrected chi connectivity index (χ2v) is 2.37. The number of nitrogens with zero attached hydrogens (tertiary/aromatic N) is 3. The molecule has 0 aliphatic carbocycles. The minimum Gasteiger partial charge on any atom is -0.252 e. The molecule has 0 aliphatic rings. The van der Waals surface area contributed by atoms with Crippen molar-refractivity contribution in [3.63, 3.8) is 0 Å². The van der Waals surface area contributed by atoms with Gasteiger partial charge in [-0.2, -0.15) is 0 Å². The largest absolute Gasteiger partial charge is 0.252 e. The minimum atomic E-state index is 0.448. The van der Waals surface area contributed by atoms with E-state index in [-0.39, 0.29) is 0 Å². The molecule has 10 heavy (non-hydrogen) atoms. The molecule has 3 nitrogen and oxygen atoms in total. The summed E-state index contributed by atoms with van der Waals surface area (Å²) in [5.41, 5.74) is 0.843. The molecule has 0 unspecified atom stereocenters. The van der Waals surface area contributed by atoms with Gasteiger partial charge in [0, 0.05) is 12.7 Å². The molecule has 0 N–H and O–H groups in total. The summed E-state index contributed by atoms with van der Waals surface area (Å²) >= 11 is 5.52. The van der Waals surface area contributed by atoms with Crippen LogP contribution in [0.25, 0.3) is 0 Å². The van der Waals surface area contributed by atoms with E-state index in [0.717, 1.165) is 18.7 Å². The fourth-order valence-electron chi connectivity index (χ4n) is 0.738. The third kappa shape index (κ3) is 1.70. The number of hydrogen-bond acceptors (Lipinski definition) is 2. The normalized spacial score (nSPS) is 10.2. The summed E-state index contributed by atoms with van der Waals surface area (Å²) in [7, 11) is 0. The molecule has 0 saturated heterocycles. The van der Waals surface area contributed by atoms with Crippen LogP contribution in [0.4, 0.5) is 0 Å². The third-order valence-electron chi connectivity index (χ3n) is 1.18. The van der Waals surface area contributed by atoms with Gasteiger partial charge in [-0.15, -0.1) is 16.7 Å². The predicted octanol–water partition coefficient (Wildman–Crippen LogP) is 1.43. The van der Waals surface area contributed by atoms with Gasteiger partial charge in [0.05, 0.1) is 11.6 Å². The summed E-state index contributed by atoms with van der Waals surface area (Å²) in [4.78, 5) is 0. The summed E-state index contributed by atoms with van der Waals surface area (Å²) in [6, 6.07) is 0. The summed E-state index contributed by atoms with van der Waals surface area (Å²) < 4.78 is 1.80. The quantitative estimate of drug-likeness (QED) is 0.625. The maximum atomic E-state index is 5.52. The van der Waals surface area contributed by atoms with Crippen molar-refractivity contribution in [2.45, 2.75) is 25.8 Å². The van der Waals surface area contributed by atoms with Gasteiger partial charge in [-0.3, -0.25) is 4.68 Å². The molecule has 0 amide bonds. The molecular formula is C6H10ClN3. The van der Waals surface area contributed by atoms with Gasteiger partial charge in [0.2, 0.25) is 0 Å². The van der Waals surface area contributed by atoms with Gasteiger partial charge >= 0.3 is 0 Å². The highest BCUT2D eigenvalue weighted by molar-refractivity contribution is 6.16. The van der Waals surface area contributed by atoms with Gasteiger partial charge in [0.1, 0.15) is 0 Å². The van der Waals surface area contributed by atoms with Gasteiger partial charge in [-0.1, -0.05) is 12.1 Å². The highest BCUT2D eigenvalue weighted by Gasteiger charge is 1.95. The smallest absolute Gasteiger partial charge is 0.0974 e. The number of rotatable bonds is 3. The summed E-state index contributed by atoms with van der Waals surface area (Å²) in [6.07, 6.45) is 2.95. The number of hydrogen-bond donors (Lipinski definition) is 0. The number of alkyl halides is 1. The Morgan fingerprint density at radius 1 is 1.70 bits per heavy atom. The van der Waals surface area contributed by atoms with Crippen molar-refractivity contribution in [2.75, 3.05) is 0 Å². The summed E-state index contributed by atoms with van der Waals surface area (Å²) in [5.74, 6) is 0.448. The van der Waals surface area contributed by atoms with E-state index in [9.17, 15) is 0 Å². The van der Waals surface area contributed by atoms with Crippen molar-refractivity contribution in [3.05, 3.63) is 11.9 Å². The minimum absolute atomic E-state index is 0.448. The zero-order valence-corrected chi connectivity index (χ0v) is 6.67. The Balaban J connectivity index is 2.59. The first-order valence-electron chi connectivity index (χ1n) is 3.31. The van der Waals surface area contributed by atoms with Crippen LogP contribution in [0.5, 0.6) is 0 Å². The van der Waals surface area contributed by atoms with Crippen molar-refractivity contribution >= 4 is 11.6 Å². The van der Waals surface area contributed by atoms with Gasteiger partial charge in [-0.05, 0) is 6.42 Å². The number of halogens is 1. The van der Waals surface area contributed by atoms with Crippen molar-refractivity contribution in [1.82, 2.24) is 15.0 Å². The molecule has 1 aromatic heterocycles. The second-order valence-electron chi connectivity index (χ2n) is 2.11. The maximum absolute atomic E-state index is 5.52. The Bertz CT molecular complexity index is 197. The Hall–Kier alpha value is -0.570. The van der Waals surface area contributed by atoms with E-state index in [0.29, 0.717) is 5.88 Å². The second kappa shape index (κ2) is 3.56. The average Bonchev–Trinajstić information content (AvgIpc) is 2.37. The lowest BCUT2D eigenvalue weighted by atomic mass is 10.5. The first kappa shape index (κ1) is 7.54. The van der Waals surface area contributed by atoms with E-state index in [2.05, 4.69) is 17.2 Å². The van der Waals surface area contributed by atoms with Crippen LogP contribution in [-0.4, -0.2) is 15.0 Å². The molecule has 4 heteroatoms. The van der Waals surface area contributed by atoms with Crippen LogP contribution in [0.3, 0.4) is 0 Å². The molecular weight excluding hydrogens is 150 g/mol. The Labute approximate surface area is 65.0 Å². The first-order valence-corrected chi connectivity index (χ1v) is 3.85. The first-order chi connectivity index (χ1) is 4.86. The molecule has 0 saturated carbocycles. The standard InChI is InChI=1S/C6H10ClN3/c1-2-3-10-5-6(4-7)8-9-10/h5H,2-4H2,1H3. The van der Waals surface area contributed by atoms with Gasteiger partial charge in [0.25, 0.3) is 0 Å². The van der Waals surface area contributed by atoms with Crippen LogP contribution in [0.15, 0.2) is 6.20 Å². The maximum Gasteiger partial charge on any atom is 0.0974 e. The lowest BCUT2D eigenvalue weighted by molar-refractivity contribution is 0.579. The highest BCUT2D eigenvalue weighted by Crippen LogP contribution is 1.97. The monoisotopic (exact) mass is 159 g/mol. The predicted molar refractivity (Wildman–Crippen MR) is 39.9 cm³/mol. The molecule has 1 rings (SSSR count). The Morgan fingerprint density at radius 2 is 2.50 bits per heavy atom. The topological polar surface area (TPSA) is 30.7 Å². The molecule has 0 fully saturated rings. The van der Waals surface area contributed by atoms with E-state index >= 15 is 0 Å². The molecule has 0 spiro atoms. The van der Waals surface area contributed by atoms with Crippen LogP contribution in [0.2, 0.25) is 0 Å². The number of aryl methyl sites for hydroxylation is 1. The zero-order valence-electron chi connectivity index (χ0n) is 5.92. The molecule has 0 aliphatic heterocycles. The zero-order chi connectivity index (χ0) is 7.40. The fraction of sp³-hybridized carbons (Fsp3) is 0.667. The average molecular weight is 160 g/mol. The van der Waals surface area contributed by atoms with E-state index in [1.165, 1.54) is 0 Å². The van der Waals surface area contributed by atoms with Gasteiger partial charge < -0.3 is 0 Å². The van der Waals surface area contributed by atoms with Crippen LogP contribution >= 0.6 is 11.6 Å². The number of aromatic nitrogens is 3. The third-order valence-corrected chi connectivity index (χ3v) is 1.45. The fourth-order valence-corrected chi connectivity index (χ4v) is 0.861. The molecule has 0 atom stereocenters. The van der Waals surface area contributed by atoms with Crippen molar-refractivity contribution in [2.24, 2.45) is 0 Å². The van der Waals surface area contributed by atoms with E-state index in [1.807, 2.05) is 6.20 Å². The molecule has 1 heterocycles. The molecule has 1 aromatic rings. The SMILES string of the molecule is CCCn1cc(CCl)nn1. The highest BCUT2D eigenvalue weighted by atomic mass is 35.5. The van der Waals surface area contributed by atoms with Gasteiger partial charge in [-0.25, -0.2) is 0 Å². The van der Waals surface area contributed by atoms with E-state index in [1.54, 1.807) is 4.68 Å². The van der Waals surface area contributed by atoms with E-state index in [4.69, 9.17) is 11.6 Å². The lowest BCUT2D eigenvalue weighted by Crippen LogP contribution is -1.96. The summed E-state index contributed by atoms with van der Waals surface area (Å²) in [6.45, 7) is 3.02. The van der Waals surface area contributed by atoms with Crippen molar-refractivity contribution in [1.29, 1.82) is 0 Å². The Kier molecular flexibility index (Phi) is 2.68. The molecule has 0 bridgehead atoms. The van der Waals surface area contributed by atoms with Crippen molar-refractivity contribution in [3.8, 4) is 0 Å². The van der Waals surface area contributed by atoms with Crippen LogP contribution in [-0.2, 0) is 12.4 Å². The van der Waals surface area contributed by atoms with Crippen molar-refractivity contribution < 1.29 is 0 Å². The molecule has 0 radical (unpaired) electrons.